The van der Waals surface area contributed by atoms with Gasteiger partial charge >= 0.3 is 6.61 Å². The summed E-state index contributed by atoms with van der Waals surface area (Å²) in [5, 5.41) is 9.07. The Kier molecular flexibility index (Phi) is 6.05. The minimum absolute atomic E-state index is 0.143. The number of ether oxygens (including phenoxy) is 2. The summed E-state index contributed by atoms with van der Waals surface area (Å²) in [6.45, 7) is -1.26. The predicted octanol–water partition coefficient (Wildman–Crippen LogP) is 3.19. The second kappa shape index (κ2) is 8.66. The van der Waals surface area contributed by atoms with Gasteiger partial charge in [0.15, 0.2) is 5.82 Å². The number of aromatic nitrogens is 4. The average molecular weight is 388 g/mol. The van der Waals surface area contributed by atoms with Crippen LogP contribution < -0.4 is 9.47 Å². The Balaban J connectivity index is 1.98. The van der Waals surface area contributed by atoms with Gasteiger partial charge in [0, 0.05) is 41.8 Å². The van der Waals surface area contributed by atoms with Gasteiger partial charge in [0.1, 0.15) is 18.1 Å². The van der Waals surface area contributed by atoms with E-state index in [1.165, 1.54) is 19.4 Å². The molecular formula is C19H18F2N4O3. The minimum Gasteiger partial charge on any atom is -0.494 e. The predicted molar refractivity (Wildman–Crippen MR) is 96.1 cm³/mol. The van der Waals surface area contributed by atoms with Crippen molar-refractivity contribution in [3.63, 3.8) is 0 Å². The van der Waals surface area contributed by atoms with Gasteiger partial charge in [-0.2, -0.15) is 8.78 Å². The number of rotatable bonds is 7. The molecule has 0 bridgehead atoms. The zero-order valence-corrected chi connectivity index (χ0v) is 15.2. The highest BCUT2D eigenvalue weighted by Gasteiger charge is 2.17. The summed E-state index contributed by atoms with van der Waals surface area (Å²) in [5.74, 6) is 0.471. The van der Waals surface area contributed by atoms with Crippen LogP contribution in [-0.2, 0) is 6.61 Å². The smallest absolute Gasteiger partial charge is 0.388 e. The lowest BCUT2D eigenvalue weighted by atomic mass is 9.99. The first kappa shape index (κ1) is 19.6. The van der Waals surface area contributed by atoms with Gasteiger partial charge in [-0.15, -0.1) is 0 Å². The van der Waals surface area contributed by atoms with Gasteiger partial charge < -0.3 is 14.6 Å². The average Bonchev–Trinajstić information content (AvgIpc) is 2.72. The molecule has 9 heteroatoms. The molecule has 0 aliphatic rings. The Bertz CT molecular complexity index is 939. The molecule has 1 atom stereocenters. The van der Waals surface area contributed by atoms with Crippen molar-refractivity contribution in [3.8, 4) is 22.9 Å². The molecule has 3 rings (SSSR count). The van der Waals surface area contributed by atoms with Crippen molar-refractivity contribution < 1.29 is 23.4 Å². The number of methoxy groups -OCH3 is 1. The maximum Gasteiger partial charge on any atom is 0.388 e. The van der Waals surface area contributed by atoms with E-state index in [9.17, 15) is 8.78 Å². The maximum atomic E-state index is 12.5. The number of halogens is 2. The summed E-state index contributed by atoms with van der Waals surface area (Å²) in [4.78, 5) is 16.6. The van der Waals surface area contributed by atoms with Crippen molar-refractivity contribution in [1.82, 2.24) is 19.9 Å². The summed E-state index contributed by atoms with van der Waals surface area (Å²) in [6, 6.07) is 6.58. The molecule has 1 unspecified atom stereocenters. The highest BCUT2D eigenvalue weighted by Crippen LogP contribution is 2.32. The molecule has 146 valence electrons. The van der Waals surface area contributed by atoms with Crippen molar-refractivity contribution >= 4 is 0 Å². The molecule has 0 radical (unpaired) electrons. The molecular weight excluding hydrogens is 370 g/mol. The molecule has 3 aromatic heterocycles. The minimum atomic E-state index is -2.97. The molecule has 0 saturated carbocycles. The van der Waals surface area contributed by atoms with Crippen LogP contribution in [0.2, 0.25) is 0 Å². The van der Waals surface area contributed by atoms with E-state index >= 15 is 0 Å². The molecule has 3 aromatic rings. The van der Waals surface area contributed by atoms with Crippen LogP contribution in [0.15, 0.2) is 42.9 Å². The van der Waals surface area contributed by atoms with Crippen molar-refractivity contribution in [3.05, 3.63) is 59.9 Å². The van der Waals surface area contributed by atoms with Crippen LogP contribution in [0.4, 0.5) is 8.78 Å². The van der Waals surface area contributed by atoms with Crippen molar-refractivity contribution in [1.29, 1.82) is 0 Å². The second-order valence-corrected chi connectivity index (χ2v) is 5.86. The highest BCUT2D eigenvalue weighted by molar-refractivity contribution is 5.67. The monoisotopic (exact) mass is 388 g/mol. The van der Waals surface area contributed by atoms with E-state index in [-0.39, 0.29) is 18.4 Å². The lowest BCUT2D eigenvalue weighted by Gasteiger charge is -2.15. The third-order valence-corrected chi connectivity index (χ3v) is 4.13. The van der Waals surface area contributed by atoms with E-state index < -0.39 is 6.61 Å². The molecule has 0 aliphatic carbocycles. The SMILES string of the molecule is COc1ccc(C(C)c2cnc(CO)nc2)nc1-c1ccnc(OC(F)F)c1. The number of aliphatic hydroxyl groups excluding tert-OH is 1. The van der Waals surface area contributed by atoms with E-state index in [0.29, 0.717) is 28.5 Å². The van der Waals surface area contributed by atoms with E-state index in [2.05, 4.69) is 24.7 Å². The number of hydrogen-bond donors (Lipinski definition) is 1. The molecule has 7 nitrogen and oxygen atoms in total. The summed E-state index contributed by atoms with van der Waals surface area (Å²) in [5.41, 5.74) is 2.53. The van der Waals surface area contributed by atoms with Crippen LogP contribution in [0.1, 0.15) is 29.9 Å². The van der Waals surface area contributed by atoms with Crippen molar-refractivity contribution in [2.75, 3.05) is 7.11 Å². The molecule has 28 heavy (non-hydrogen) atoms. The lowest BCUT2D eigenvalue weighted by molar-refractivity contribution is -0.0528. The molecule has 0 saturated heterocycles. The van der Waals surface area contributed by atoms with E-state index in [1.54, 1.807) is 24.5 Å². The number of alkyl halides is 2. The standard InChI is InChI=1S/C19H18F2N4O3/c1-11(13-8-23-16(10-26)24-9-13)14-3-4-15(27-2)18(25-14)12-5-6-22-17(7-12)28-19(20)21/h3-9,11,19,26H,10H2,1-2H3. The van der Waals surface area contributed by atoms with Gasteiger partial charge in [-0.25, -0.2) is 19.9 Å². The summed E-state index contributed by atoms with van der Waals surface area (Å²) < 4.78 is 34.7. The van der Waals surface area contributed by atoms with Gasteiger partial charge in [-0.05, 0) is 23.8 Å². The fraction of sp³-hybridized carbons (Fsp3) is 0.263. The zero-order chi connectivity index (χ0) is 20.1. The lowest BCUT2D eigenvalue weighted by Crippen LogP contribution is -2.05. The number of nitrogens with zero attached hydrogens (tertiary/aromatic N) is 4. The van der Waals surface area contributed by atoms with Gasteiger partial charge in [0.25, 0.3) is 0 Å². The van der Waals surface area contributed by atoms with Gasteiger partial charge in [-0.1, -0.05) is 6.92 Å². The van der Waals surface area contributed by atoms with E-state index in [4.69, 9.17) is 9.84 Å². The quantitative estimate of drug-likeness (QED) is 0.665. The normalized spacial score (nSPS) is 12.1. The van der Waals surface area contributed by atoms with Gasteiger partial charge in [0.05, 0.1) is 7.11 Å². The van der Waals surface area contributed by atoms with Crippen molar-refractivity contribution in [2.45, 2.75) is 26.1 Å². The van der Waals surface area contributed by atoms with Crippen LogP contribution in [0.3, 0.4) is 0 Å². The first-order valence-corrected chi connectivity index (χ1v) is 8.39. The molecule has 1 N–H and O–H groups in total. The van der Waals surface area contributed by atoms with Gasteiger partial charge in [-0.3, -0.25) is 0 Å². The van der Waals surface area contributed by atoms with Crippen LogP contribution >= 0.6 is 0 Å². The van der Waals surface area contributed by atoms with Crippen LogP contribution in [0.5, 0.6) is 11.6 Å². The highest BCUT2D eigenvalue weighted by atomic mass is 19.3. The number of aliphatic hydroxyl groups is 1. The zero-order valence-electron chi connectivity index (χ0n) is 15.2. The second-order valence-electron chi connectivity index (χ2n) is 5.86. The van der Waals surface area contributed by atoms with Gasteiger partial charge in [0.2, 0.25) is 5.88 Å². The van der Waals surface area contributed by atoms with Crippen molar-refractivity contribution in [2.24, 2.45) is 0 Å². The van der Waals surface area contributed by atoms with Crippen LogP contribution in [-0.4, -0.2) is 38.8 Å². The molecule has 0 aliphatic heterocycles. The van der Waals surface area contributed by atoms with E-state index in [0.717, 1.165) is 5.56 Å². The fourth-order valence-electron chi connectivity index (χ4n) is 2.63. The summed E-state index contributed by atoms with van der Waals surface area (Å²) >= 11 is 0. The third kappa shape index (κ3) is 4.37. The topological polar surface area (TPSA) is 90.2 Å². The first-order valence-electron chi connectivity index (χ1n) is 8.39. The number of hydrogen-bond acceptors (Lipinski definition) is 7. The first-order chi connectivity index (χ1) is 13.5. The summed E-state index contributed by atoms with van der Waals surface area (Å²) in [7, 11) is 1.50. The molecule has 3 heterocycles. The van der Waals surface area contributed by atoms with Crippen LogP contribution in [0.25, 0.3) is 11.3 Å². The third-order valence-electron chi connectivity index (χ3n) is 4.13. The fourth-order valence-corrected chi connectivity index (χ4v) is 2.63. The molecule has 0 spiro atoms. The molecule has 0 fully saturated rings. The summed E-state index contributed by atoms with van der Waals surface area (Å²) in [6.07, 6.45) is 4.64. The number of pyridine rings is 2. The molecule has 0 amide bonds. The van der Waals surface area contributed by atoms with Crippen LogP contribution in [0, 0.1) is 0 Å². The Morgan fingerprint density at radius 1 is 1.11 bits per heavy atom. The molecule has 0 aromatic carbocycles. The Morgan fingerprint density at radius 3 is 2.50 bits per heavy atom. The Labute approximate surface area is 160 Å². The Hall–Kier alpha value is -3.20. The maximum absolute atomic E-state index is 12.5. The van der Waals surface area contributed by atoms with E-state index in [1.807, 2.05) is 13.0 Å². The Morgan fingerprint density at radius 2 is 1.86 bits per heavy atom. The largest absolute Gasteiger partial charge is 0.494 e.